The molecule has 2 nitrogen and oxygen atoms in total. The molecule has 2 saturated carbocycles. The summed E-state index contributed by atoms with van der Waals surface area (Å²) in [4.78, 5) is 0.616. The molecule has 3 rings (SSSR count). The van der Waals surface area contributed by atoms with Gasteiger partial charge in [-0.15, -0.1) is 0 Å². The van der Waals surface area contributed by atoms with Crippen molar-refractivity contribution >= 4 is 15.9 Å². The van der Waals surface area contributed by atoms with Gasteiger partial charge in [-0.2, -0.15) is 5.10 Å². The summed E-state index contributed by atoms with van der Waals surface area (Å²) in [6.07, 6.45) is 12.9. The van der Waals surface area contributed by atoms with Gasteiger partial charge < -0.3 is 0 Å². The minimum Gasteiger partial charge on any atom is -0.269 e. The van der Waals surface area contributed by atoms with Crippen molar-refractivity contribution in [2.24, 2.45) is 5.41 Å². The molecule has 0 bridgehead atoms. The summed E-state index contributed by atoms with van der Waals surface area (Å²) in [7, 11) is 0. The average molecular weight is 311 g/mol. The summed E-state index contributed by atoms with van der Waals surface area (Å²) in [6, 6.07) is 2.91. The van der Waals surface area contributed by atoms with E-state index in [-0.39, 0.29) is 0 Å². The molecule has 1 atom stereocenters. The van der Waals surface area contributed by atoms with E-state index in [2.05, 4.69) is 39.8 Å². The predicted octanol–water partition coefficient (Wildman–Crippen LogP) is 4.49. The first-order valence-corrected chi connectivity index (χ1v) is 8.29. The zero-order chi connectivity index (χ0) is 12.6. The van der Waals surface area contributed by atoms with E-state index in [1.807, 2.05) is 0 Å². The van der Waals surface area contributed by atoms with Crippen molar-refractivity contribution < 1.29 is 0 Å². The van der Waals surface area contributed by atoms with Crippen LogP contribution in [0.5, 0.6) is 0 Å². The standard InChI is InChI=1S/C15H23BrN2/c1-12(16)15(8-9-15)11-13-7-10-18(17-13)14-5-3-2-4-6-14/h7,10,12,14H,2-6,8-9,11H2,1H3. The highest BCUT2D eigenvalue weighted by atomic mass is 79.9. The lowest BCUT2D eigenvalue weighted by Crippen LogP contribution is -2.17. The van der Waals surface area contributed by atoms with Crippen LogP contribution in [0.4, 0.5) is 0 Å². The zero-order valence-corrected chi connectivity index (χ0v) is 12.8. The fourth-order valence-electron chi connectivity index (χ4n) is 3.26. The molecule has 0 aliphatic heterocycles. The van der Waals surface area contributed by atoms with Crippen molar-refractivity contribution in [3.63, 3.8) is 0 Å². The first kappa shape index (κ1) is 12.7. The third-order valence-electron chi connectivity index (χ3n) is 4.88. The quantitative estimate of drug-likeness (QED) is 0.749. The fraction of sp³-hybridized carbons (Fsp3) is 0.800. The molecule has 100 valence electrons. The summed E-state index contributed by atoms with van der Waals surface area (Å²) < 4.78 is 2.24. The Morgan fingerprint density at radius 2 is 2.11 bits per heavy atom. The van der Waals surface area contributed by atoms with E-state index < -0.39 is 0 Å². The van der Waals surface area contributed by atoms with Gasteiger partial charge in [0.1, 0.15) is 0 Å². The first-order valence-electron chi connectivity index (χ1n) is 7.38. The molecule has 1 aromatic heterocycles. The van der Waals surface area contributed by atoms with Gasteiger partial charge in [-0.05, 0) is 43.6 Å². The van der Waals surface area contributed by atoms with E-state index >= 15 is 0 Å². The Morgan fingerprint density at radius 1 is 1.39 bits per heavy atom. The second-order valence-electron chi connectivity index (χ2n) is 6.23. The average Bonchev–Trinajstić information content (AvgIpc) is 3.01. The van der Waals surface area contributed by atoms with Gasteiger partial charge in [-0.3, -0.25) is 4.68 Å². The summed E-state index contributed by atoms with van der Waals surface area (Å²) in [5.74, 6) is 0. The largest absolute Gasteiger partial charge is 0.269 e. The predicted molar refractivity (Wildman–Crippen MR) is 78.1 cm³/mol. The van der Waals surface area contributed by atoms with Gasteiger partial charge in [0.2, 0.25) is 0 Å². The van der Waals surface area contributed by atoms with Crippen molar-refractivity contribution in [3.05, 3.63) is 18.0 Å². The molecule has 3 heteroatoms. The van der Waals surface area contributed by atoms with Gasteiger partial charge in [0.15, 0.2) is 0 Å². The lowest BCUT2D eigenvalue weighted by molar-refractivity contribution is 0.327. The van der Waals surface area contributed by atoms with E-state index in [9.17, 15) is 0 Å². The molecule has 0 saturated heterocycles. The lowest BCUT2D eigenvalue weighted by Gasteiger charge is -2.22. The summed E-state index contributed by atoms with van der Waals surface area (Å²) >= 11 is 3.76. The lowest BCUT2D eigenvalue weighted by atomic mass is 9.96. The van der Waals surface area contributed by atoms with Crippen molar-refractivity contribution in [2.45, 2.75) is 69.2 Å². The molecule has 0 aromatic carbocycles. The fourth-order valence-corrected chi connectivity index (χ4v) is 3.88. The molecule has 1 heterocycles. The zero-order valence-electron chi connectivity index (χ0n) is 11.2. The SMILES string of the molecule is CC(Br)C1(Cc2ccn(C3CCCCC3)n2)CC1. The summed E-state index contributed by atoms with van der Waals surface area (Å²) in [5.41, 5.74) is 1.80. The Morgan fingerprint density at radius 3 is 2.72 bits per heavy atom. The molecule has 1 unspecified atom stereocenters. The molecule has 1 aromatic rings. The number of hydrogen-bond donors (Lipinski definition) is 0. The van der Waals surface area contributed by atoms with E-state index in [0.29, 0.717) is 16.3 Å². The molecule has 18 heavy (non-hydrogen) atoms. The number of hydrogen-bond acceptors (Lipinski definition) is 1. The van der Waals surface area contributed by atoms with Crippen LogP contribution in [0.2, 0.25) is 0 Å². The molecule has 0 spiro atoms. The highest BCUT2D eigenvalue weighted by Crippen LogP contribution is 2.53. The van der Waals surface area contributed by atoms with Crippen molar-refractivity contribution in [2.75, 3.05) is 0 Å². The van der Waals surface area contributed by atoms with Crippen LogP contribution in [0.25, 0.3) is 0 Å². The monoisotopic (exact) mass is 310 g/mol. The Balaban J connectivity index is 1.66. The van der Waals surface area contributed by atoms with E-state index in [0.717, 1.165) is 6.42 Å². The Labute approximate surface area is 118 Å². The number of rotatable bonds is 4. The Kier molecular flexibility index (Phi) is 3.52. The summed E-state index contributed by atoms with van der Waals surface area (Å²) in [5, 5.41) is 4.84. The highest BCUT2D eigenvalue weighted by molar-refractivity contribution is 9.09. The van der Waals surface area contributed by atoms with Gasteiger partial charge in [0, 0.05) is 11.0 Å². The smallest absolute Gasteiger partial charge is 0.0630 e. The maximum absolute atomic E-state index is 4.84. The minimum absolute atomic E-state index is 0.506. The van der Waals surface area contributed by atoms with E-state index in [1.165, 1.54) is 50.6 Å². The Bertz CT molecular complexity index is 400. The van der Waals surface area contributed by atoms with Crippen molar-refractivity contribution in [1.82, 2.24) is 9.78 Å². The van der Waals surface area contributed by atoms with Gasteiger partial charge in [-0.1, -0.05) is 42.1 Å². The van der Waals surface area contributed by atoms with E-state index in [4.69, 9.17) is 5.10 Å². The van der Waals surface area contributed by atoms with Crippen LogP contribution >= 0.6 is 15.9 Å². The molecule has 2 aliphatic carbocycles. The second-order valence-corrected chi connectivity index (χ2v) is 7.61. The topological polar surface area (TPSA) is 17.8 Å². The van der Waals surface area contributed by atoms with Crippen LogP contribution in [0.1, 0.15) is 63.6 Å². The van der Waals surface area contributed by atoms with Crippen molar-refractivity contribution in [3.8, 4) is 0 Å². The number of aromatic nitrogens is 2. The molecule has 0 N–H and O–H groups in total. The summed E-state index contributed by atoms with van der Waals surface area (Å²) in [6.45, 7) is 2.28. The molecule has 2 aliphatic rings. The number of alkyl halides is 1. The Hall–Kier alpha value is -0.310. The van der Waals surface area contributed by atoms with E-state index in [1.54, 1.807) is 0 Å². The molecule has 0 radical (unpaired) electrons. The minimum atomic E-state index is 0.506. The van der Waals surface area contributed by atoms with Crippen LogP contribution in [0.15, 0.2) is 12.3 Å². The van der Waals surface area contributed by atoms with Gasteiger partial charge in [-0.25, -0.2) is 0 Å². The van der Waals surface area contributed by atoms with Crippen molar-refractivity contribution in [1.29, 1.82) is 0 Å². The highest BCUT2D eigenvalue weighted by Gasteiger charge is 2.46. The van der Waals surface area contributed by atoms with Crippen LogP contribution in [-0.2, 0) is 6.42 Å². The van der Waals surface area contributed by atoms with Crippen LogP contribution in [0.3, 0.4) is 0 Å². The van der Waals surface area contributed by atoms with Crippen LogP contribution < -0.4 is 0 Å². The number of nitrogens with zero attached hydrogens (tertiary/aromatic N) is 2. The van der Waals surface area contributed by atoms with Gasteiger partial charge >= 0.3 is 0 Å². The third-order valence-corrected chi connectivity index (χ3v) is 5.85. The third kappa shape index (κ3) is 2.52. The molecular weight excluding hydrogens is 288 g/mol. The maximum Gasteiger partial charge on any atom is 0.0630 e. The molecule has 2 fully saturated rings. The molecular formula is C15H23BrN2. The molecule has 0 amide bonds. The van der Waals surface area contributed by atoms with Crippen LogP contribution in [0, 0.1) is 5.41 Å². The maximum atomic E-state index is 4.84. The first-order chi connectivity index (χ1) is 8.70. The van der Waals surface area contributed by atoms with Gasteiger partial charge in [0.25, 0.3) is 0 Å². The normalized spacial score (nSPS) is 25.0. The second kappa shape index (κ2) is 4.99. The number of halogens is 1. The van der Waals surface area contributed by atoms with Crippen LogP contribution in [-0.4, -0.2) is 14.6 Å². The van der Waals surface area contributed by atoms with Gasteiger partial charge in [0.05, 0.1) is 11.7 Å².